The molecule has 0 radical (unpaired) electrons. The number of allylic oxidation sites excluding steroid dienone is 4. The van der Waals surface area contributed by atoms with Crippen LogP contribution < -0.4 is 0 Å². The van der Waals surface area contributed by atoms with Gasteiger partial charge in [-0.1, -0.05) is 44.5 Å². The molecule has 0 aliphatic heterocycles. The molecule has 1 unspecified atom stereocenters. The highest BCUT2D eigenvalue weighted by atomic mass is 35.5. The lowest BCUT2D eigenvalue weighted by molar-refractivity contribution is 0.627. The number of hydrogen-bond donors (Lipinski definition) is 0. The quantitative estimate of drug-likeness (QED) is 0.606. The summed E-state index contributed by atoms with van der Waals surface area (Å²) in [5, 5.41) is 1.08. The van der Waals surface area contributed by atoms with Crippen LogP contribution in [-0.2, 0) is 0 Å². The van der Waals surface area contributed by atoms with Gasteiger partial charge in [0.25, 0.3) is 0 Å². The van der Waals surface area contributed by atoms with E-state index in [1.54, 1.807) is 0 Å². The van der Waals surface area contributed by atoms with Gasteiger partial charge in [0.1, 0.15) is 0 Å². The van der Waals surface area contributed by atoms with Crippen LogP contribution in [-0.4, -0.2) is 0 Å². The summed E-state index contributed by atoms with van der Waals surface area (Å²) < 4.78 is 0. The molecule has 1 aliphatic carbocycles. The molecule has 0 saturated carbocycles. The lowest BCUT2D eigenvalue weighted by Gasteiger charge is -2.18. The monoisotopic (exact) mass is 184 g/mol. The van der Waals surface area contributed by atoms with Crippen LogP contribution >= 0.6 is 11.6 Å². The van der Waals surface area contributed by atoms with Crippen LogP contribution in [0, 0.1) is 11.8 Å². The van der Waals surface area contributed by atoms with Gasteiger partial charge in [-0.2, -0.15) is 0 Å². The van der Waals surface area contributed by atoms with Crippen LogP contribution in [0.1, 0.15) is 33.6 Å². The Morgan fingerprint density at radius 3 is 2.83 bits per heavy atom. The summed E-state index contributed by atoms with van der Waals surface area (Å²) in [5.41, 5.74) is 1.34. The Kier molecular flexibility index (Phi) is 3.39. The number of halogens is 1. The topological polar surface area (TPSA) is 0 Å². The predicted molar refractivity (Wildman–Crippen MR) is 55.3 cm³/mol. The molecule has 1 atom stereocenters. The summed E-state index contributed by atoms with van der Waals surface area (Å²) in [5.74, 6) is 1.23. The maximum absolute atomic E-state index is 6.21. The minimum atomic E-state index is 0.533. The summed E-state index contributed by atoms with van der Waals surface area (Å²) in [6, 6.07) is 0. The second-order valence-corrected chi connectivity index (χ2v) is 4.42. The molecule has 0 nitrogen and oxygen atoms in total. The molecule has 0 aromatic carbocycles. The first-order chi connectivity index (χ1) is 5.61. The van der Waals surface area contributed by atoms with E-state index in [0.29, 0.717) is 11.8 Å². The van der Waals surface area contributed by atoms with Gasteiger partial charge in [0, 0.05) is 5.03 Å². The van der Waals surface area contributed by atoms with E-state index in [1.165, 1.54) is 5.57 Å². The van der Waals surface area contributed by atoms with Gasteiger partial charge in [0.15, 0.2) is 0 Å². The highest BCUT2D eigenvalue weighted by Gasteiger charge is 2.14. The Bertz CT molecular complexity index is 211. The fraction of sp³-hybridized carbons (Fsp3) is 0.636. The van der Waals surface area contributed by atoms with Crippen molar-refractivity contribution < 1.29 is 0 Å². The zero-order valence-corrected chi connectivity index (χ0v) is 8.86. The molecule has 68 valence electrons. The molecule has 0 aromatic heterocycles. The molecular weight excluding hydrogens is 168 g/mol. The van der Waals surface area contributed by atoms with E-state index >= 15 is 0 Å². The first-order valence-electron chi connectivity index (χ1n) is 4.66. The van der Waals surface area contributed by atoms with Gasteiger partial charge in [-0.3, -0.25) is 0 Å². The van der Waals surface area contributed by atoms with Gasteiger partial charge < -0.3 is 0 Å². The van der Waals surface area contributed by atoms with E-state index in [9.17, 15) is 0 Å². The second kappa shape index (κ2) is 4.13. The normalized spacial score (nSPS) is 23.9. The first-order valence-corrected chi connectivity index (χ1v) is 5.04. The highest BCUT2D eigenvalue weighted by molar-refractivity contribution is 6.30. The average Bonchev–Trinajstić information content (AvgIpc) is 1.98. The van der Waals surface area contributed by atoms with Crippen molar-refractivity contribution in [1.29, 1.82) is 0 Å². The van der Waals surface area contributed by atoms with Gasteiger partial charge in [-0.15, -0.1) is 0 Å². The third-order valence-corrected chi connectivity index (χ3v) is 2.79. The van der Waals surface area contributed by atoms with E-state index in [0.717, 1.165) is 17.9 Å². The van der Waals surface area contributed by atoms with Gasteiger partial charge in [0.05, 0.1) is 0 Å². The molecular formula is C11H17Cl. The highest BCUT2D eigenvalue weighted by Crippen LogP contribution is 2.31. The Labute approximate surface area is 80.3 Å². The van der Waals surface area contributed by atoms with Gasteiger partial charge >= 0.3 is 0 Å². The van der Waals surface area contributed by atoms with Crippen molar-refractivity contribution in [3.63, 3.8) is 0 Å². The standard InChI is InChI=1S/C11H17Cl/c1-8(2)7-10-6-4-5-9(3)11(10)12/h4,6,8-9H,5,7H2,1-3H3. The largest absolute Gasteiger partial charge is 0.0885 e. The van der Waals surface area contributed by atoms with Crippen LogP contribution in [0.15, 0.2) is 22.8 Å². The molecule has 1 aliphatic rings. The lowest BCUT2D eigenvalue weighted by atomic mass is 9.92. The maximum atomic E-state index is 6.21. The van der Waals surface area contributed by atoms with Crippen molar-refractivity contribution >= 4 is 11.6 Å². The Morgan fingerprint density at radius 1 is 1.58 bits per heavy atom. The van der Waals surface area contributed by atoms with Crippen LogP contribution in [0.25, 0.3) is 0 Å². The Morgan fingerprint density at radius 2 is 2.25 bits per heavy atom. The zero-order valence-electron chi connectivity index (χ0n) is 8.10. The fourth-order valence-electron chi connectivity index (χ4n) is 1.52. The van der Waals surface area contributed by atoms with Crippen LogP contribution in [0.3, 0.4) is 0 Å². The summed E-state index contributed by atoms with van der Waals surface area (Å²) in [6.45, 7) is 6.64. The minimum absolute atomic E-state index is 0.533. The third kappa shape index (κ3) is 2.38. The van der Waals surface area contributed by atoms with E-state index < -0.39 is 0 Å². The molecule has 0 N–H and O–H groups in total. The summed E-state index contributed by atoms with van der Waals surface area (Å²) in [4.78, 5) is 0. The number of rotatable bonds is 2. The van der Waals surface area contributed by atoms with Crippen molar-refractivity contribution in [3.05, 3.63) is 22.8 Å². The van der Waals surface area contributed by atoms with E-state index in [4.69, 9.17) is 11.6 Å². The van der Waals surface area contributed by atoms with Gasteiger partial charge in [-0.05, 0) is 30.3 Å². The smallest absolute Gasteiger partial charge is 0.0244 e. The fourth-order valence-corrected chi connectivity index (χ4v) is 1.75. The van der Waals surface area contributed by atoms with Crippen LogP contribution in [0.4, 0.5) is 0 Å². The molecule has 12 heavy (non-hydrogen) atoms. The molecule has 0 heterocycles. The SMILES string of the molecule is CC(C)CC1=C(Cl)C(C)CC=C1. The summed E-state index contributed by atoms with van der Waals surface area (Å²) >= 11 is 6.21. The zero-order chi connectivity index (χ0) is 9.14. The third-order valence-electron chi connectivity index (χ3n) is 2.18. The molecule has 0 spiro atoms. The van der Waals surface area contributed by atoms with Crippen molar-refractivity contribution in [3.8, 4) is 0 Å². The minimum Gasteiger partial charge on any atom is -0.0885 e. The molecule has 0 saturated heterocycles. The molecule has 0 fully saturated rings. The molecule has 0 amide bonds. The number of hydrogen-bond acceptors (Lipinski definition) is 0. The Balaban J connectivity index is 2.72. The predicted octanol–water partition coefficient (Wildman–Crippen LogP) is 4.12. The van der Waals surface area contributed by atoms with Gasteiger partial charge in [0.2, 0.25) is 0 Å². The van der Waals surface area contributed by atoms with Crippen molar-refractivity contribution in [2.45, 2.75) is 33.6 Å². The summed E-state index contributed by atoms with van der Waals surface area (Å²) in [7, 11) is 0. The van der Waals surface area contributed by atoms with Crippen molar-refractivity contribution in [2.75, 3.05) is 0 Å². The maximum Gasteiger partial charge on any atom is 0.0244 e. The molecule has 1 heteroatoms. The lowest BCUT2D eigenvalue weighted by Crippen LogP contribution is -2.02. The van der Waals surface area contributed by atoms with E-state index in [-0.39, 0.29) is 0 Å². The van der Waals surface area contributed by atoms with Crippen molar-refractivity contribution in [2.24, 2.45) is 11.8 Å². The summed E-state index contributed by atoms with van der Waals surface area (Å²) in [6.07, 6.45) is 6.62. The van der Waals surface area contributed by atoms with E-state index in [2.05, 4.69) is 32.9 Å². The van der Waals surface area contributed by atoms with Gasteiger partial charge in [-0.25, -0.2) is 0 Å². The average molecular weight is 185 g/mol. The van der Waals surface area contributed by atoms with Crippen molar-refractivity contribution in [1.82, 2.24) is 0 Å². The second-order valence-electron chi connectivity index (χ2n) is 4.01. The first kappa shape index (κ1) is 9.85. The molecule has 1 rings (SSSR count). The molecule has 0 aromatic rings. The molecule has 0 bridgehead atoms. The van der Waals surface area contributed by atoms with E-state index in [1.807, 2.05) is 0 Å². The van der Waals surface area contributed by atoms with Crippen LogP contribution in [0.2, 0.25) is 0 Å². The Hall–Kier alpha value is -0.230. The van der Waals surface area contributed by atoms with Crippen LogP contribution in [0.5, 0.6) is 0 Å².